The van der Waals surface area contributed by atoms with E-state index in [0.29, 0.717) is 23.4 Å². The van der Waals surface area contributed by atoms with Gasteiger partial charge >= 0.3 is 0 Å². The second kappa shape index (κ2) is 7.23. The van der Waals surface area contributed by atoms with Crippen molar-refractivity contribution < 1.29 is 14.6 Å². The Morgan fingerprint density at radius 1 is 1.18 bits per heavy atom. The molecule has 0 spiro atoms. The Kier molecular flexibility index (Phi) is 4.90. The van der Waals surface area contributed by atoms with Crippen LogP contribution in [0.1, 0.15) is 30.9 Å². The summed E-state index contributed by atoms with van der Waals surface area (Å²) in [4.78, 5) is 13.3. The molecule has 0 aromatic heterocycles. The van der Waals surface area contributed by atoms with E-state index >= 15 is 0 Å². The number of hydrogen-bond donors (Lipinski definition) is 1. The van der Waals surface area contributed by atoms with Crippen LogP contribution in [0.3, 0.4) is 0 Å². The molecule has 0 heterocycles. The number of ether oxygens (including phenoxy) is 1. The normalized spacial score (nSPS) is 24.0. The Hall–Kier alpha value is -2.36. The third-order valence-corrected chi connectivity index (χ3v) is 6.20. The average Bonchev–Trinajstić information content (AvgIpc) is 2.90. The Morgan fingerprint density at radius 3 is 2.50 bits per heavy atom. The van der Waals surface area contributed by atoms with Gasteiger partial charge in [0, 0.05) is 18.1 Å². The highest BCUT2D eigenvalue weighted by molar-refractivity contribution is 6.30. The fraction of sp³-hybridized carbons (Fsp3) is 0.292. The smallest absolute Gasteiger partial charge is 0.173 e. The molecule has 5 rings (SSSR count). The van der Waals surface area contributed by atoms with Gasteiger partial charge in [0.05, 0.1) is 5.57 Å². The van der Waals surface area contributed by atoms with Gasteiger partial charge in [-0.05, 0) is 65.8 Å². The van der Waals surface area contributed by atoms with Crippen molar-refractivity contribution in [3.05, 3.63) is 76.5 Å². The number of fused-ring (bicyclic) bond motifs is 2. The maximum Gasteiger partial charge on any atom is 0.173 e. The number of benzene rings is 2. The largest absolute Gasteiger partial charge is 0.508 e. The molecule has 2 atom stereocenters. The highest BCUT2D eigenvalue weighted by Gasteiger charge is 2.45. The van der Waals surface area contributed by atoms with Crippen LogP contribution in [0.4, 0.5) is 0 Å². The first-order valence-corrected chi connectivity index (χ1v) is 9.98. The van der Waals surface area contributed by atoms with E-state index in [0.717, 1.165) is 28.7 Å². The number of carbonyl (C=O) groups excluding carboxylic acids is 1. The molecule has 0 aliphatic heterocycles. The average molecular weight is 395 g/mol. The van der Waals surface area contributed by atoms with E-state index in [-0.39, 0.29) is 17.5 Å². The van der Waals surface area contributed by atoms with E-state index in [1.54, 1.807) is 7.11 Å². The summed E-state index contributed by atoms with van der Waals surface area (Å²) in [5, 5.41) is 11.9. The Bertz CT molecular complexity index is 987. The van der Waals surface area contributed by atoms with Crippen LogP contribution in [-0.4, -0.2) is 23.6 Å². The minimum atomic E-state index is -0.917. The maximum absolute atomic E-state index is 13.3. The number of methoxy groups -OCH3 is 1. The van der Waals surface area contributed by atoms with Crippen molar-refractivity contribution >= 4 is 23.0 Å². The Labute approximate surface area is 170 Å². The zero-order valence-electron chi connectivity index (χ0n) is 16.0. The van der Waals surface area contributed by atoms with Crippen molar-refractivity contribution in [2.75, 3.05) is 7.11 Å². The van der Waals surface area contributed by atoms with Gasteiger partial charge < -0.3 is 9.84 Å². The van der Waals surface area contributed by atoms with Crippen molar-refractivity contribution in [3.63, 3.8) is 0 Å². The molecule has 2 aromatic carbocycles. The number of allylic oxidation sites excluding steroid dienone is 2. The van der Waals surface area contributed by atoms with Gasteiger partial charge in [0.2, 0.25) is 0 Å². The molecule has 3 aliphatic carbocycles. The van der Waals surface area contributed by atoms with Gasteiger partial charge in [-0.25, -0.2) is 0 Å². The topological polar surface area (TPSA) is 46.5 Å². The quantitative estimate of drug-likeness (QED) is 0.669. The first kappa shape index (κ1) is 19.0. The summed E-state index contributed by atoms with van der Waals surface area (Å²) in [7, 11) is 1.58. The van der Waals surface area contributed by atoms with Gasteiger partial charge in [-0.2, -0.15) is 0 Å². The summed E-state index contributed by atoms with van der Waals surface area (Å²) < 4.78 is 5.70. The number of Topliss-reactive ketones (excluding diaryl/α,β-unsaturated/α-hetero) is 1. The molecule has 3 nitrogen and oxygen atoms in total. The number of halogens is 1. The molecule has 0 amide bonds. The molecule has 2 aromatic rings. The second-order valence-corrected chi connectivity index (χ2v) is 7.85. The van der Waals surface area contributed by atoms with Gasteiger partial charge in [0.15, 0.2) is 5.78 Å². The fourth-order valence-electron chi connectivity index (χ4n) is 4.22. The molecule has 3 aliphatic rings. The first-order valence-electron chi connectivity index (χ1n) is 9.60. The minimum absolute atomic E-state index is 0.0270. The molecular weight excluding hydrogens is 372 g/mol. The molecule has 1 unspecified atom stereocenters. The van der Waals surface area contributed by atoms with Crippen LogP contribution in [0.2, 0.25) is 5.02 Å². The monoisotopic (exact) mass is 394 g/mol. The van der Waals surface area contributed by atoms with E-state index in [2.05, 4.69) is 6.92 Å². The molecule has 0 saturated carbocycles. The summed E-state index contributed by atoms with van der Waals surface area (Å²) in [5.74, 6) is -0.223. The zero-order valence-corrected chi connectivity index (χ0v) is 16.8. The Balaban J connectivity index is 1.92. The van der Waals surface area contributed by atoms with Crippen LogP contribution in [-0.2, 0) is 16.0 Å². The number of hydrogen-bond acceptors (Lipinski definition) is 3. The number of aliphatic hydroxyl groups is 1. The summed E-state index contributed by atoms with van der Waals surface area (Å²) in [6.07, 6.45) is 5.76. The van der Waals surface area contributed by atoms with Crippen LogP contribution in [0.5, 0.6) is 0 Å². The molecule has 1 N–H and O–H groups in total. The zero-order chi connectivity index (χ0) is 19.9. The number of rotatable bonds is 4. The number of carbonyl (C=O) groups is 1. The van der Waals surface area contributed by atoms with Crippen molar-refractivity contribution in [2.45, 2.75) is 31.8 Å². The lowest BCUT2D eigenvalue weighted by Gasteiger charge is -2.30. The van der Waals surface area contributed by atoms with Crippen molar-refractivity contribution in [3.8, 4) is 11.1 Å². The van der Waals surface area contributed by atoms with Crippen LogP contribution in [0.25, 0.3) is 16.7 Å². The molecule has 0 fully saturated rings. The van der Waals surface area contributed by atoms with Crippen molar-refractivity contribution in [1.29, 1.82) is 0 Å². The number of aryl methyl sites for hydroxylation is 1. The lowest BCUT2D eigenvalue weighted by atomic mass is 9.86. The predicted octanol–water partition coefficient (Wildman–Crippen LogP) is 5.77. The van der Waals surface area contributed by atoms with Crippen LogP contribution >= 0.6 is 11.6 Å². The van der Waals surface area contributed by atoms with Gasteiger partial charge in [-0.1, -0.05) is 48.9 Å². The van der Waals surface area contributed by atoms with Crippen molar-refractivity contribution in [2.24, 2.45) is 5.92 Å². The molecule has 4 heteroatoms. The third kappa shape index (κ3) is 2.99. The molecule has 144 valence electrons. The van der Waals surface area contributed by atoms with Crippen molar-refractivity contribution in [1.82, 2.24) is 0 Å². The number of aliphatic hydroxyl groups excluding tert-OH is 1. The second-order valence-electron chi connectivity index (χ2n) is 7.42. The minimum Gasteiger partial charge on any atom is -0.508 e. The summed E-state index contributed by atoms with van der Waals surface area (Å²) >= 11 is 6.02. The highest BCUT2D eigenvalue weighted by Crippen LogP contribution is 2.44. The SMILES string of the molecule is CCc1ccc(-c2ccc(Cl)cc2)cc1C1=C(O)C2(OC)C=C[C@@H](CC2)C1=O. The van der Waals surface area contributed by atoms with E-state index in [1.807, 2.05) is 54.6 Å². The highest BCUT2D eigenvalue weighted by atomic mass is 35.5. The van der Waals surface area contributed by atoms with E-state index < -0.39 is 5.60 Å². The molecule has 0 saturated heterocycles. The molecule has 0 radical (unpaired) electrons. The van der Waals surface area contributed by atoms with Gasteiger partial charge in [0.25, 0.3) is 0 Å². The van der Waals surface area contributed by atoms with E-state index in [9.17, 15) is 9.90 Å². The summed E-state index contributed by atoms with van der Waals surface area (Å²) in [6.45, 7) is 2.05. The third-order valence-electron chi connectivity index (χ3n) is 5.95. The van der Waals surface area contributed by atoms with E-state index in [1.165, 1.54) is 0 Å². The first-order chi connectivity index (χ1) is 13.5. The molecular formula is C24H23ClO3. The van der Waals surface area contributed by atoms with Gasteiger partial charge in [-0.3, -0.25) is 4.79 Å². The Morgan fingerprint density at radius 2 is 1.89 bits per heavy atom. The predicted molar refractivity (Wildman–Crippen MR) is 112 cm³/mol. The lowest BCUT2D eigenvalue weighted by Crippen LogP contribution is -2.33. The molecule has 28 heavy (non-hydrogen) atoms. The van der Waals surface area contributed by atoms with Gasteiger partial charge in [-0.15, -0.1) is 0 Å². The van der Waals surface area contributed by atoms with Gasteiger partial charge in [0.1, 0.15) is 11.4 Å². The molecule has 2 bridgehead atoms. The van der Waals surface area contributed by atoms with E-state index in [4.69, 9.17) is 16.3 Å². The lowest BCUT2D eigenvalue weighted by molar-refractivity contribution is -0.116. The fourth-order valence-corrected chi connectivity index (χ4v) is 4.34. The summed E-state index contributed by atoms with van der Waals surface area (Å²) in [6, 6.07) is 13.7. The van der Waals surface area contributed by atoms with Crippen LogP contribution < -0.4 is 0 Å². The maximum atomic E-state index is 13.3. The van der Waals surface area contributed by atoms with Crippen LogP contribution in [0.15, 0.2) is 60.4 Å². The summed E-state index contributed by atoms with van der Waals surface area (Å²) in [5.41, 5.74) is 3.28. The van der Waals surface area contributed by atoms with Crippen LogP contribution in [0, 0.1) is 5.92 Å². The number of ketones is 1. The standard InChI is InChI=1S/C24H23ClO3/c1-3-15-4-5-18(16-6-8-19(25)9-7-16)14-20(15)21-22(26)17-10-12-24(28-2,13-11-17)23(21)27/h4-10,12,14,17,27H,3,11,13H2,1-2H3/t17-,24?/m0/s1.